The minimum atomic E-state index is -0.418. The van der Waals surface area contributed by atoms with Crippen molar-refractivity contribution in [2.24, 2.45) is 0 Å². The lowest BCUT2D eigenvalue weighted by molar-refractivity contribution is -1.07. The first-order valence-corrected chi connectivity index (χ1v) is 4.73. The Morgan fingerprint density at radius 2 is 1.57 bits per heavy atom. The van der Waals surface area contributed by atoms with E-state index in [9.17, 15) is 5.21 Å². The number of hydrogen-bond acceptors (Lipinski definition) is 2. The lowest BCUT2D eigenvalue weighted by Crippen LogP contribution is -3.11. The molecule has 3 nitrogen and oxygen atoms in total. The molecular weight excluding hydrogens is 178 g/mol. The van der Waals surface area contributed by atoms with Crippen molar-refractivity contribution in [1.29, 1.82) is 0 Å². The highest BCUT2D eigenvalue weighted by Gasteiger charge is 2.19. The van der Waals surface area contributed by atoms with Crippen LogP contribution in [0, 0.1) is 5.21 Å². The van der Waals surface area contributed by atoms with Crippen LogP contribution in [-0.2, 0) is 4.84 Å². The van der Waals surface area contributed by atoms with E-state index in [0.29, 0.717) is 0 Å². The molecule has 1 atom stereocenters. The molecule has 0 fully saturated rings. The monoisotopic (exact) mass is 195 g/mol. The molecule has 1 rings (SSSR count). The van der Waals surface area contributed by atoms with Gasteiger partial charge in [-0.25, -0.2) is 5.23 Å². The third-order valence-electron chi connectivity index (χ3n) is 1.65. The van der Waals surface area contributed by atoms with E-state index >= 15 is 0 Å². The van der Waals surface area contributed by atoms with Crippen molar-refractivity contribution < 1.29 is 10.1 Å². The van der Waals surface area contributed by atoms with Gasteiger partial charge in [-0.05, 0) is 32.9 Å². The van der Waals surface area contributed by atoms with Crippen molar-refractivity contribution in [3.05, 3.63) is 41.7 Å². The highest BCUT2D eigenvalue weighted by Crippen LogP contribution is 2.02. The van der Waals surface area contributed by atoms with Crippen LogP contribution >= 0.6 is 0 Å². The first-order valence-electron chi connectivity index (χ1n) is 4.73. The summed E-state index contributed by atoms with van der Waals surface area (Å²) in [6.07, 6.45) is 11.1. The van der Waals surface area contributed by atoms with Crippen molar-refractivity contribution >= 4 is 0 Å². The highest BCUT2D eigenvalue weighted by molar-refractivity contribution is 5.19. The van der Waals surface area contributed by atoms with Crippen LogP contribution in [-0.4, -0.2) is 11.6 Å². The van der Waals surface area contributed by atoms with Crippen LogP contribution in [0.1, 0.15) is 20.8 Å². The predicted octanol–water partition coefficient (Wildman–Crippen LogP) is 1.15. The van der Waals surface area contributed by atoms with Crippen LogP contribution in [0.5, 0.6) is 0 Å². The lowest BCUT2D eigenvalue weighted by atomic mass is 10.2. The number of nitrogens with one attached hydrogen (secondary N) is 1. The Hall–Kier alpha value is -0.900. The van der Waals surface area contributed by atoms with Crippen LogP contribution in [0.25, 0.3) is 0 Å². The predicted molar refractivity (Wildman–Crippen MR) is 56.4 cm³/mol. The molecule has 14 heavy (non-hydrogen) atoms. The van der Waals surface area contributed by atoms with Crippen molar-refractivity contribution in [2.75, 3.05) is 0 Å². The zero-order chi connectivity index (χ0) is 10.6. The average molecular weight is 195 g/mol. The topological polar surface area (TPSA) is 36.7 Å². The summed E-state index contributed by atoms with van der Waals surface area (Å²) in [6, 6.07) is -0.260. The van der Waals surface area contributed by atoms with Gasteiger partial charge in [-0.3, -0.25) is 0 Å². The summed E-state index contributed by atoms with van der Waals surface area (Å²) < 4.78 is 0. The number of allylic oxidation sites excluding steroid dienone is 4. The molecule has 1 unspecified atom stereocenters. The third kappa shape index (κ3) is 3.87. The second-order valence-electron chi connectivity index (χ2n) is 4.21. The van der Waals surface area contributed by atoms with Crippen molar-refractivity contribution in [1.82, 2.24) is 0 Å². The van der Waals surface area contributed by atoms with Gasteiger partial charge in [0, 0.05) is 0 Å². The minimum Gasteiger partial charge on any atom is -0.599 e. The van der Waals surface area contributed by atoms with Crippen molar-refractivity contribution in [2.45, 2.75) is 32.4 Å². The van der Waals surface area contributed by atoms with Gasteiger partial charge in [0.05, 0.1) is 0 Å². The van der Waals surface area contributed by atoms with E-state index < -0.39 is 5.60 Å². The first-order chi connectivity index (χ1) is 6.49. The van der Waals surface area contributed by atoms with E-state index in [-0.39, 0.29) is 11.3 Å². The maximum atomic E-state index is 11.6. The Labute approximate surface area is 84.9 Å². The largest absolute Gasteiger partial charge is 0.599 e. The number of rotatable bonds is 2. The maximum Gasteiger partial charge on any atom is 0.155 e. The molecule has 0 heterocycles. The number of quaternary nitrogens is 1. The molecule has 0 radical (unpaired) electrons. The molecule has 0 aliphatic heterocycles. The standard InChI is InChI=1S/C11H17NO2/c1-11(2,3)14-12(13)10-8-6-4-5-7-9-10/h4-10,12H,1-3H3. The van der Waals surface area contributed by atoms with Crippen molar-refractivity contribution in [3.8, 4) is 0 Å². The molecule has 1 N–H and O–H groups in total. The van der Waals surface area contributed by atoms with Crippen LogP contribution in [0.2, 0.25) is 0 Å². The average Bonchev–Trinajstić information content (AvgIpc) is 2.27. The van der Waals surface area contributed by atoms with Gasteiger partial charge in [0.1, 0.15) is 5.60 Å². The van der Waals surface area contributed by atoms with Gasteiger partial charge < -0.3 is 5.21 Å². The first kappa shape index (κ1) is 11.2. The fourth-order valence-electron chi connectivity index (χ4n) is 1.09. The third-order valence-corrected chi connectivity index (χ3v) is 1.65. The highest BCUT2D eigenvalue weighted by atomic mass is 16.9. The van der Waals surface area contributed by atoms with E-state index in [1.165, 1.54) is 0 Å². The molecule has 0 aromatic heterocycles. The summed E-state index contributed by atoms with van der Waals surface area (Å²) in [4.78, 5) is 5.26. The molecule has 0 aromatic rings. The molecule has 1 aliphatic rings. The molecule has 0 bridgehead atoms. The molecule has 78 valence electrons. The molecule has 0 saturated carbocycles. The van der Waals surface area contributed by atoms with Gasteiger partial charge in [-0.2, -0.15) is 4.84 Å². The normalized spacial score (nSPS) is 19.7. The fraction of sp³-hybridized carbons (Fsp3) is 0.455. The maximum absolute atomic E-state index is 11.6. The summed E-state index contributed by atoms with van der Waals surface area (Å²) in [5, 5.41) is 11.4. The number of hydrogen-bond donors (Lipinski definition) is 1. The van der Waals surface area contributed by atoms with Gasteiger partial charge in [0.25, 0.3) is 0 Å². The molecule has 0 saturated heterocycles. The van der Waals surface area contributed by atoms with Crippen LogP contribution in [0.3, 0.4) is 0 Å². The van der Waals surface area contributed by atoms with Crippen LogP contribution < -0.4 is 5.23 Å². The van der Waals surface area contributed by atoms with Gasteiger partial charge in [0.2, 0.25) is 0 Å². The summed E-state index contributed by atoms with van der Waals surface area (Å²) >= 11 is 0. The Kier molecular flexibility index (Phi) is 3.63. The second-order valence-corrected chi connectivity index (χ2v) is 4.21. The molecule has 0 aromatic carbocycles. The van der Waals surface area contributed by atoms with Gasteiger partial charge in [-0.15, -0.1) is 0 Å². The summed E-state index contributed by atoms with van der Waals surface area (Å²) in [5.74, 6) is 0. The fourth-order valence-corrected chi connectivity index (χ4v) is 1.09. The van der Waals surface area contributed by atoms with Gasteiger partial charge in [0.15, 0.2) is 6.04 Å². The van der Waals surface area contributed by atoms with E-state index in [1.54, 1.807) is 0 Å². The van der Waals surface area contributed by atoms with E-state index in [4.69, 9.17) is 4.84 Å². The van der Waals surface area contributed by atoms with E-state index in [0.717, 1.165) is 0 Å². The Balaban J connectivity index is 2.56. The smallest absolute Gasteiger partial charge is 0.155 e. The minimum absolute atomic E-state index is 0.200. The van der Waals surface area contributed by atoms with E-state index in [1.807, 2.05) is 57.2 Å². The van der Waals surface area contributed by atoms with Crippen LogP contribution in [0.15, 0.2) is 36.5 Å². The number of hydroxylamine groups is 2. The summed E-state index contributed by atoms with van der Waals surface area (Å²) in [6.45, 7) is 5.60. The summed E-state index contributed by atoms with van der Waals surface area (Å²) in [7, 11) is 0. The molecule has 0 amide bonds. The Bertz CT molecular complexity index is 245. The quantitative estimate of drug-likeness (QED) is 0.671. The Morgan fingerprint density at radius 1 is 1.07 bits per heavy atom. The molecule has 0 spiro atoms. The van der Waals surface area contributed by atoms with Gasteiger partial charge in [-0.1, -0.05) is 24.3 Å². The Morgan fingerprint density at radius 3 is 2.00 bits per heavy atom. The second kappa shape index (κ2) is 4.55. The van der Waals surface area contributed by atoms with Crippen molar-refractivity contribution in [3.63, 3.8) is 0 Å². The summed E-state index contributed by atoms with van der Waals surface area (Å²) in [5.41, 5.74) is -0.418. The van der Waals surface area contributed by atoms with E-state index in [2.05, 4.69) is 0 Å². The molecular formula is C11H17NO2. The van der Waals surface area contributed by atoms with Crippen LogP contribution in [0.4, 0.5) is 0 Å². The van der Waals surface area contributed by atoms with Gasteiger partial charge >= 0.3 is 0 Å². The molecule has 1 aliphatic carbocycles. The zero-order valence-electron chi connectivity index (χ0n) is 8.86. The SMILES string of the molecule is CC(C)(C)O[NH+]([O-])C1C=CC=CC=C1. The zero-order valence-corrected chi connectivity index (χ0v) is 8.86. The lowest BCUT2D eigenvalue weighted by Gasteiger charge is -2.31. The molecule has 3 heteroatoms.